The molecule has 1 aliphatic carbocycles. The number of hydrogen-bond acceptors (Lipinski definition) is 8. The third-order valence-corrected chi connectivity index (χ3v) is 8.97. The molecular weight excluding hydrogens is 492 g/mol. The number of aryl methyl sites for hydroxylation is 1. The number of nitrogens with two attached hydrogens (primary N) is 1. The molecule has 4 aromatic rings. The molecule has 39 heavy (non-hydrogen) atoms. The number of H-pyrrole nitrogens is 1. The van der Waals surface area contributed by atoms with Crippen LogP contribution >= 0.6 is 0 Å². The normalized spacial score (nSPS) is 29.6. The van der Waals surface area contributed by atoms with Crippen LogP contribution in [0.2, 0.25) is 0 Å². The maximum absolute atomic E-state index is 6.49. The zero-order valence-electron chi connectivity index (χ0n) is 23.2. The van der Waals surface area contributed by atoms with Gasteiger partial charge in [-0.1, -0.05) is 26.8 Å². The van der Waals surface area contributed by atoms with Crippen LogP contribution in [0.25, 0.3) is 22.2 Å². The van der Waals surface area contributed by atoms with Crippen LogP contribution in [0.1, 0.15) is 71.0 Å². The van der Waals surface area contributed by atoms with Crippen molar-refractivity contribution in [3.63, 3.8) is 0 Å². The topological polar surface area (TPSA) is 120 Å². The van der Waals surface area contributed by atoms with Gasteiger partial charge in [-0.25, -0.2) is 19.9 Å². The summed E-state index contributed by atoms with van der Waals surface area (Å²) in [5.74, 6) is 2.21. The van der Waals surface area contributed by atoms with Crippen molar-refractivity contribution in [1.29, 1.82) is 0 Å². The molecule has 0 spiro atoms. The van der Waals surface area contributed by atoms with Gasteiger partial charge in [0.2, 0.25) is 0 Å². The number of nitrogens with one attached hydrogen (secondary N) is 1. The number of imidazole rings is 2. The molecule has 3 N–H and O–H groups in total. The van der Waals surface area contributed by atoms with Gasteiger partial charge in [-0.2, -0.15) is 0 Å². The SMILES string of the molecule is CC1O[C@H]2C[C@H](n3cnc4c(N)ncnc43)O[C@@H]2CN1C1CC(CCc2nc3ccc(C(C)(C)C)cc3[nH]2)C1. The molecule has 206 valence electrons. The maximum atomic E-state index is 6.49. The summed E-state index contributed by atoms with van der Waals surface area (Å²) < 4.78 is 14.9. The van der Waals surface area contributed by atoms with Crippen molar-refractivity contribution < 1.29 is 9.47 Å². The second-order valence-electron chi connectivity index (χ2n) is 12.6. The van der Waals surface area contributed by atoms with E-state index in [0.29, 0.717) is 23.0 Å². The molecule has 3 aromatic heterocycles. The van der Waals surface area contributed by atoms with Gasteiger partial charge in [0.15, 0.2) is 11.5 Å². The minimum absolute atomic E-state index is 0.0374. The lowest BCUT2D eigenvalue weighted by molar-refractivity contribution is -0.191. The van der Waals surface area contributed by atoms with E-state index in [-0.39, 0.29) is 30.1 Å². The second-order valence-corrected chi connectivity index (χ2v) is 12.6. The highest BCUT2D eigenvalue weighted by Gasteiger charge is 2.47. The van der Waals surface area contributed by atoms with Crippen LogP contribution in [0.15, 0.2) is 30.9 Å². The average Bonchev–Trinajstić information content (AvgIpc) is 3.58. The minimum atomic E-state index is -0.163. The van der Waals surface area contributed by atoms with Gasteiger partial charge in [-0.3, -0.25) is 9.47 Å². The van der Waals surface area contributed by atoms with Crippen molar-refractivity contribution >= 4 is 28.0 Å². The summed E-state index contributed by atoms with van der Waals surface area (Å²) in [6.07, 6.45) is 8.59. The number of hydrogen-bond donors (Lipinski definition) is 2. The Kier molecular flexibility index (Phi) is 5.91. The number of benzene rings is 1. The Balaban J connectivity index is 0.942. The molecular formula is C29H38N8O2. The van der Waals surface area contributed by atoms with Gasteiger partial charge in [-0.05, 0) is 55.2 Å². The summed E-state index contributed by atoms with van der Waals surface area (Å²) in [6.45, 7) is 9.81. The third kappa shape index (κ3) is 4.48. The van der Waals surface area contributed by atoms with Gasteiger partial charge in [-0.15, -0.1) is 0 Å². The van der Waals surface area contributed by atoms with E-state index in [2.05, 4.69) is 70.7 Å². The van der Waals surface area contributed by atoms with Crippen molar-refractivity contribution in [2.45, 2.75) is 95.9 Å². The van der Waals surface area contributed by atoms with E-state index >= 15 is 0 Å². The van der Waals surface area contributed by atoms with Crippen molar-refractivity contribution in [2.24, 2.45) is 5.92 Å². The molecule has 1 unspecified atom stereocenters. The molecule has 2 aliphatic heterocycles. The Hall–Kier alpha value is -3.08. The fourth-order valence-corrected chi connectivity index (χ4v) is 6.59. The third-order valence-electron chi connectivity index (χ3n) is 8.97. The lowest BCUT2D eigenvalue weighted by Gasteiger charge is -2.49. The molecule has 1 aromatic carbocycles. The number of anilines is 1. The average molecular weight is 531 g/mol. The number of nitrogen functional groups attached to an aromatic ring is 1. The molecule has 3 aliphatic rings. The standard InChI is InChI=1S/C29H38N8O2/c1-16-36(13-23-22(38-16)12-25(39-23)37-15-33-26-27(30)31-14-32-28(26)37)19-9-17(10-19)5-8-24-34-20-7-6-18(29(2,3)4)11-21(20)35-24/h6-7,11,14-17,19,22-23,25H,5,8-10,12-13H2,1-4H3,(H,34,35)(H2,30,31,32)/t16?,17?,19?,22-,23+,25+/m0/s1. The fourth-order valence-electron chi connectivity index (χ4n) is 6.59. The van der Waals surface area contributed by atoms with Crippen LogP contribution in [0.4, 0.5) is 5.82 Å². The molecule has 0 amide bonds. The lowest BCUT2D eigenvalue weighted by Crippen LogP contribution is -2.58. The highest BCUT2D eigenvalue weighted by Crippen LogP contribution is 2.42. The van der Waals surface area contributed by atoms with E-state index in [0.717, 1.165) is 48.6 Å². The van der Waals surface area contributed by atoms with Crippen LogP contribution in [0.5, 0.6) is 0 Å². The lowest BCUT2D eigenvalue weighted by atomic mass is 9.76. The summed E-state index contributed by atoms with van der Waals surface area (Å²) >= 11 is 0. The first-order valence-electron chi connectivity index (χ1n) is 14.2. The zero-order chi connectivity index (χ0) is 26.9. The summed E-state index contributed by atoms with van der Waals surface area (Å²) in [5.41, 5.74) is 11.0. The molecule has 10 heteroatoms. The first kappa shape index (κ1) is 24.9. The van der Waals surface area contributed by atoms with Crippen molar-refractivity contribution in [3.05, 3.63) is 42.2 Å². The Labute approximate surface area is 228 Å². The van der Waals surface area contributed by atoms with Crippen LogP contribution < -0.4 is 5.73 Å². The summed E-state index contributed by atoms with van der Waals surface area (Å²) in [5, 5.41) is 0. The quantitative estimate of drug-likeness (QED) is 0.391. The fraction of sp³-hybridized carbons (Fsp3) is 0.586. The van der Waals surface area contributed by atoms with Crippen LogP contribution in [-0.4, -0.2) is 65.4 Å². The van der Waals surface area contributed by atoms with Crippen LogP contribution in [0.3, 0.4) is 0 Å². The number of nitrogens with zero attached hydrogens (tertiary/aromatic N) is 6. The van der Waals surface area contributed by atoms with E-state index in [9.17, 15) is 0 Å². The Morgan fingerprint density at radius 3 is 2.74 bits per heavy atom. The van der Waals surface area contributed by atoms with E-state index in [1.165, 1.54) is 24.7 Å². The number of rotatable bonds is 5. The van der Waals surface area contributed by atoms with Crippen LogP contribution in [0, 0.1) is 5.92 Å². The highest BCUT2D eigenvalue weighted by atomic mass is 16.6. The zero-order valence-corrected chi connectivity index (χ0v) is 23.2. The number of aromatic nitrogens is 6. The Bertz CT molecular complexity index is 1500. The van der Waals surface area contributed by atoms with Crippen molar-refractivity contribution in [3.8, 4) is 0 Å². The molecule has 5 heterocycles. The van der Waals surface area contributed by atoms with Gasteiger partial charge >= 0.3 is 0 Å². The van der Waals surface area contributed by atoms with E-state index in [1.807, 2.05) is 4.57 Å². The van der Waals surface area contributed by atoms with E-state index in [4.69, 9.17) is 20.2 Å². The Morgan fingerprint density at radius 1 is 1.08 bits per heavy atom. The largest absolute Gasteiger partial charge is 0.382 e. The maximum Gasteiger partial charge on any atom is 0.167 e. The minimum Gasteiger partial charge on any atom is -0.382 e. The molecule has 3 fully saturated rings. The summed E-state index contributed by atoms with van der Waals surface area (Å²) in [4.78, 5) is 23.8. The first-order valence-corrected chi connectivity index (χ1v) is 14.2. The first-order chi connectivity index (χ1) is 18.7. The predicted octanol–water partition coefficient (Wildman–Crippen LogP) is 4.33. The van der Waals surface area contributed by atoms with Crippen molar-refractivity contribution in [1.82, 2.24) is 34.4 Å². The number of ether oxygens (including phenoxy) is 2. The van der Waals surface area contributed by atoms with Gasteiger partial charge in [0.05, 0.1) is 29.6 Å². The van der Waals surface area contributed by atoms with E-state index in [1.54, 1.807) is 6.33 Å². The molecule has 0 radical (unpaired) electrons. The van der Waals surface area contributed by atoms with Gasteiger partial charge in [0.1, 0.15) is 30.1 Å². The van der Waals surface area contributed by atoms with Crippen molar-refractivity contribution in [2.75, 3.05) is 12.3 Å². The smallest absolute Gasteiger partial charge is 0.167 e. The summed E-state index contributed by atoms with van der Waals surface area (Å²) in [7, 11) is 0. The van der Waals surface area contributed by atoms with E-state index < -0.39 is 0 Å². The second kappa shape index (κ2) is 9.25. The monoisotopic (exact) mass is 530 g/mol. The number of fused-ring (bicyclic) bond motifs is 3. The molecule has 7 rings (SSSR count). The van der Waals surface area contributed by atoms with Crippen LogP contribution in [-0.2, 0) is 21.3 Å². The van der Waals surface area contributed by atoms with Gasteiger partial charge < -0.3 is 20.2 Å². The number of aromatic amines is 1. The molecule has 1 saturated carbocycles. The van der Waals surface area contributed by atoms with Gasteiger partial charge in [0, 0.05) is 25.4 Å². The molecule has 2 saturated heterocycles. The molecule has 0 bridgehead atoms. The molecule has 4 atom stereocenters. The Morgan fingerprint density at radius 2 is 1.92 bits per heavy atom. The predicted molar refractivity (Wildman–Crippen MR) is 149 cm³/mol. The molecule has 10 nitrogen and oxygen atoms in total. The van der Waals surface area contributed by atoms with Gasteiger partial charge in [0.25, 0.3) is 0 Å². The summed E-state index contributed by atoms with van der Waals surface area (Å²) in [6, 6.07) is 7.15. The highest BCUT2D eigenvalue weighted by molar-refractivity contribution is 5.81.